The molecule has 0 aliphatic rings. The van der Waals surface area contributed by atoms with Gasteiger partial charge in [0, 0.05) is 5.56 Å². The van der Waals surface area contributed by atoms with Crippen molar-refractivity contribution >= 4 is 11.9 Å². The summed E-state index contributed by atoms with van der Waals surface area (Å²) in [7, 11) is 0. The molecular weight excluding hydrogens is 258 g/mol. The Morgan fingerprint density at radius 3 is 2.05 bits per heavy atom. The maximum absolute atomic E-state index is 13.6. The van der Waals surface area contributed by atoms with Gasteiger partial charge in [-0.2, -0.15) is 8.78 Å². The topological polar surface area (TPSA) is 52.6 Å². The summed E-state index contributed by atoms with van der Waals surface area (Å²) < 4.78 is 36.3. The van der Waals surface area contributed by atoms with Crippen LogP contribution in [0.1, 0.15) is 29.8 Å². The van der Waals surface area contributed by atoms with Crippen LogP contribution in [-0.4, -0.2) is 25.2 Å². The number of esters is 2. The van der Waals surface area contributed by atoms with Crippen LogP contribution in [-0.2, 0) is 20.2 Å². The van der Waals surface area contributed by atoms with Crippen molar-refractivity contribution < 1.29 is 27.8 Å². The number of carbonyl (C=O) groups excluding carboxylic acids is 2. The van der Waals surface area contributed by atoms with E-state index in [4.69, 9.17) is 4.74 Å². The molecule has 6 heteroatoms. The molecule has 19 heavy (non-hydrogen) atoms. The van der Waals surface area contributed by atoms with E-state index < -0.39 is 23.4 Å². The van der Waals surface area contributed by atoms with Crippen molar-refractivity contribution in [3.63, 3.8) is 0 Å². The minimum absolute atomic E-state index is 0.130. The van der Waals surface area contributed by atoms with E-state index in [2.05, 4.69) is 4.74 Å². The van der Waals surface area contributed by atoms with Crippen LogP contribution < -0.4 is 0 Å². The summed E-state index contributed by atoms with van der Waals surface area (Å²) >= 11 is 0. The fraction of sp³-hybridized carbons (Fsp3) is 0.385. The van der Waals surface area contributed by atoms with Crippen LogP contribution in [0.25, 0.3) is 0 Å². The summed E-state index contributed by atoms with van der Waals surface area (Å²) in [5.74, 6) is -5.95. The molecule has 0 saturated heterocycles. The van der Waals surface area contributed by atoms with Gasteiger partial charge in [0.2, 0.25) is 0 Å². The molecule has 0 aromatic heterocycles. The molecule has 1 aromatic carbocycles. The Morgan fingerprint density at radius 2 is 1.58 bits per heavy atom. The van der Waals surface area contributed by atoms with Crippen molar-refractivity contribution in [1.82, 2.24) is 0 Å². The molecule has 1 rings (SSSR count). The third kappa shape index (κ3) is 3.49. The second-order valence-corrected chi connectivity index (χ2v) is 3.59. The number of hydrogen-bond acceptors (Lipinski definition) is 4. The minimum Gasteiger partial charge on any atom is -0.462 e. The third-order valence-electron chi connectivity index (χ3n) is 2.29. The highest BCUT2D eigenvalue weighted by atomic mass is 19.3. The van der Waals surface area contributed by atoms with Crippen LogP contribution in [0.3, 0.4) is 0 Å². The zero-order chi connectivity index (χ0) is 14.5. The molecule has 0 aliphatic heterocycles. The monoisotopic (exact) mass is 272 g/mol. The van der Waals surface area contributed by atoms with Gasteiger partial charge in [0.15, 0.2) is 0 Å². The molecule has 0 fully saturated rings. The number of benzene rings is 1. The largest absolute Gasteiger partial charge is 0.462 e. The van der Waals surface area contributed by atoms with Crippen molar-refractivity contribution in [2.45, 2.75) is 19.8 Å². The highest BCUT2D eigenvalue weighted by Crippen LogP contribution is 2.29. The maximum Gasteiger partial charge on any atom is 0.381 e. The molecule has 0 bridgehead atoms. The molecule has 0 saturated carbocycles. The van der Waals surface area contributed by atoms with Crippen molar-refractivity contribution in [1.29, 1.82) is 0 Å². The van der Waals surface area contributed by atoms with Crippen LogP contribution in [0.2, 0.25) is 0 Å². The summed E-state index contributed by atoms with van der Waals surface area (Å²) in [5, 5.41) is 0. The number of halogens is 2. The predicted octanol–water partition coefficient (Wildman–Crippen LogP) is 2.52. The first-order chi connectivity index (χ1) is 8.93. The van der Waals surface area contributed by atoms with Gasteiger partial charge in [-0.05, 0) is 26.0 Å². The first kappa shape index (κ1) is 15.1. The fourth-order valence-corrected chi connectivity index (χ4v) is 1.37. The number of ether oxygens (including phenoxy) is 2. The smallest absolute Gasteiger partial charge is 0.381 e. The Hall–Kier alpha value is -1.98. The zero-order valence-corrected chi connectivity index (χ0v) is 10.6. The van der Waals surface area contributed by atoms with Crippen LogP contribution in [0.15, 0.2) is 24.3 Å². The van der Waals surface area contributed by atoms with E-state index in [-0.39, 0.29) is 18.8 Å². The van der Waals surface area contributed by atoms with Gasteiger partial charge in [-0.1, -0.05) is 12.1 Å². The average Bonchev–Trinajstić information content (AvgIpc) is 2.39. The van der Waals surface area contributed by atoms with Gasteiger partial charge in [-0.25, -0.2) is 9.59 Å². The molecule has 0 aliphatic carbocycles. The fourth-order valence-electron chi connectivity index (χ4n) is 1.37. The Kier molecular flexibility index (Phi) is 4.97. The number of carbonyl (C=O) groups is 2. The van der Waals surface area contributed by atoms with E-state index in [1.165, 1.54) is 19.1 Å². The number of alkyl halides is 2. The molecule has 0 radical (unpaired) electrons. The second kappa shape index (κ2) is 6.26. The predicted molar refractivity (Wildman–Crippen MR) is 62.9 cm³/mol. The highest BCUT2D eigenvalue weighted by molar-refractivity contribution is 5.89. The molecule has 0 heterocycles. The van der Waals surface area contributed by atoms with E-state index in [0.717, 1.165) is 12.1 Å². The minimum atomic E-state index is -3.73. The standard InChI is InChI=1S/C13H14F2O4/c1-3-18-11(16)9-5-7-10(8-6-9)13(14,15)12(17)19-4-2/h5-8H,3-4H2,1-2H3. The van der Waals surface area contributed by atoms with E-state index in [0.29, 0.717) is 0 Å². The van der Waals surface area contributed by atoms with Crippen LogP contribution in [0.4, 0.5) is 8.78 Å². The third-order valence-corrected chi connectivity index (χ3v) is 2.29. The summed E-state index contributed by atoms with van der Waals surface area (Å²) in [6.45, 7) is 3.15. The Morgan fingerprint density at radius 1 is 1.05 bits per heavy atom. The molecule has 4 nitrogen and oxygen atoms in total. The molecular formula is C13H14F2O4. The SMILES string of the molecule is CCOC(=O)c1ccc(C(F)(F)C(=O)OCC)cc1. The molecule has 0 N–H and O–H groups in total. The summed E-state index contributed by atoms with van der Waals surface area (Å²) in [4.78, 5) is 22.5. The van der Waals surface area contributed by atoms with E-state index in [1.807, 2.05) is 0 Å². The van der Waals surface area contributed by atoms with Gasteiger partial charge in [-0.3, -0.25) is 0 Å². The summed E-state index contributed by atoms with van der Waals surface area (Å²) in [5.41, 5.74) is -0.385. The Balaban J connectivity index is 2.92. The van der Waals surface area contributed by atoms with Gasteiger partial charge in [0.1, 0.15) is 0 Å². The second-order valence-electron chi connectivity index (χ2n) is 3.59. The number of rotatable bonds is 5. The molecule has 0 spiro atoms. The van der Waals surface area contributed by atoms with E-state index >= 15 is 0 Å². The lowest BCUT2D eigenvalue weighted by Gasteiger charge is -2.15. The van der Waals surface area contributed by atoms with Gasteiger partial charge in [-0.15, -0.1) is 0 Å². The highest BCUT2D eigenvalue weighted by Gasteiger charge is 2.42. The van der Waals surface area contributed by atoms with Gasteiger partial charge in [0.05, 0.1) is 18.8 Å². The van der Waals surface area contributed by atoms with Gasteiger partial charge in [0.25, 0.3) is 0 Å². The van der Waals surface area contributed by atoms with E-state index in [1.54, 1.807) is 6.92 Å². The zero-order valence-electron chi connectivity index (χ0n) is 10.6. The first-order valence-electron chi connectivity index (χ1n) is 5.76. The van der Waals surface area contributed by atoms with Crippen molar-refractivity contribution in [2.24, 2.45) is 0 Å². The Bertz CT molecular complexity index is 454. The normalized spacial score (nSPS) is 10.9. The van der Waals surface area contributed by atoms with Crippen molar-refractivity contribution in [2.75, 3.05) is 13.2 Å². The molecule has 0 amide bonds. The first-order valence-corrected chi connectivity index (χ1v) is 5.76. The molecule has 0 unspecified atom stereocenters. The lowest BCUT2D eigenvalue weighted by molar-refractivity contribution is -0.173. The van der Waals surface area contributed by atoms with Gasteiger partial charge < -0.3 is 9.47 Å². The average molecular weight is 272 g/mol. The van der Waals surface area contributed by atoms with Crippen LogP contribution in [0, 0.1) is 0 Å². The molecule has 1 aromatic rings. The van der Waals surface area contributed by atoms with Crippen LogP contribution >= 0.6 is 0 Å². The maximum atomic E-state index is 13.6. The summed E-state index contributed by atoms with van der Waals surface area (Å²) in [6.07, 6.45) is 0. The van der Waals surface area contributed by atoms with E-state index in [9.17, 15) is 18.4 Å². The molecule has 0 atom stereocenters. The van der Waals surface area contributed by atoms with Crippen molar-refractivity contribution in [3.05, 3.63) is 35.4 Å². The van der Waals surface area contributed by atoms with Crippen molar-refractivity contribution in [3.8, 4) is 0 Å². The quantitative estimate of drug-likeness (QED) is 0.773. The lowest BCUT2D eigenvalue weighted by atomic mass is 10.1. The van der Waals surface area contributed by atoms with Crippen LogP contribution in [0.5, 0.6) is 0 Å². The molecule has 104 valence electrons. The summed E-state index contributed by atoms with van der Waals surface area (Å²) in [6, 6.07) is 4.37. The number of hydrogen-bond donors (Lipinski definition) is 0. The van der Waals surface area contributed by atoms with Gasteiger partial charge >= 0.3 is 17.9 Å². The lowest BCUT2D eigenvalue weighted by Crippen LogP contribution is -2.28. The Labute approximate surface area is 109 Å².